The summed E-state index contributed by atoms with van der Waals surface area (Å²) < 4.78 is 5.07. The van der Waals surface area contributed by atoms with Crippen molar-refractivity contribution in [1.82, 2.24) is 9.88 Å². The third-order valence-electron chi connectivity index (χ3n) is 2.77. The molecule has 0 aliphatic rings. The molecule has 0 saturated carbocycles. The van der Waals surface area contributed by atoms with Gasteiger partial charge in [-0.15, -0.1) is 0 Å². The molecule has 0 aliphatic carbocycles. The van der Waals surface area contributed by atoms with Crippen LogP contribution in [0, 0.1) is 6.92 Å². The SMILES string of the molecule is CCN(Cc1cccc(C)n1)C(=O)C(CN)OC. The minimum atomic E-state index is -0.574. The van der Waals surface area contributed by atoms with Crippen molar-refractivity contribution in [2.45, 2.75) is 26.5 Å². The van der Waals surface area contributed by atoms with Crippen LogP contribution in [0.1, 0.15) is 18.3 Å². The van der Waals surface area contributed by atoms with Crippen LogP contribution in [0.5, 0.6) is 0 Å². The minimum absolute atomic E-state index is 0.0918. The number of aromatic nitrogens is 1. The van der Waals surface area contributed by atoms with E-state index >= 15 is 0 Å². The molecule has 0 saturated heterocycles. The van der Waals surface area contributed by atoms with Gasteiger partial charge >= 0.3 is 0 Å². The second kappa shape index (κ2) is 7.08. The van der Waals surface area contributed by atoms with Gasteiger partial charge in [-0.2, -0.15) is 0 Å². The molecule has 2 N–H and O–H groups in total. The van der Waals surface area contributed by atoms with Gasteiger partial charge in [0.25, 0.3) is 5.91 Å². The number of pyridine rings is 1. The molecular weight excluding hydrogens is 230 g/mol. The van der Waals surface area contributed by atoms with Crippen molar-refractivity contribution < 1.29 is 9.53 Å². The quantitative estimate of drug-likeness (QED) is 0.808. The van der Waals surface area contributed by atoms with E-state index in [0.29, 0.717) is 13.1 Å². The Morgan fingerprint density at radius 3 is 2.78 bits per heavy atom. The van der Waals surface area contributed by atoms with Gasteiger partial charge in [0, 0.05) is 25.9 Å². The normalized spacial score (nSPS) is 12.2. The summed E-state index contributed by atoms with van der Waals surface area (Å²) in [6.45, 7) is 5.13. The molecular formula is C13H21N3O2. The fourth-order valence-corrected chi connectivity index (χ4v) is 1.73. The Bertz CT molecular complexity index is 392. The molecule has 18 heavy (non-hydrogen) atoms. The number of amides is 1. The lowest BCUT2D eigenvalue weighted by molar-refractivity contribution is -0.141. The number of aryl methyl sites for hydroxylation is 1. The van der Waals surface area contributed by atoms with E-state index in [1.165, 1.54) is 7.11 Å². The van der Waals surface area contributed by atoms with Gasteiger partial charge < -0.3 is 15.4 Å². The van der Waals surface area contributed by atoms with Gasteiger partial charge in [0.05, 0.1) is 12.2 Å². The predicted molar refractivity (Wildman–Crippen MR) is 69.9 cm³/mol. The molecule has 5 heteroatoms. The van der Waals surface area contributed by atoms with E-state index < -0.39 is 6.10 Å². The van der Waals surface area contributed by atoms with Crippen molar-refractivity contribution in [2.24, 2.45) is 5.73 Å². The number of rotatable bonds is 6. The first-order valence-corrected chi connectivity index (χ1v) is 6.06. The van der Waals surface area contributed by atoms with Crippen LogP contribution in [-0.4, -0.2) is 42.1 Å². The highest BCUT2D eigenvalue weighted by atomic mass is 16.5. The van der Waals surface area contributed by atoms with Crippen LogP contribution in [0.3, 0.4) is 0 Å². The molecule has 0 aromatic carbocycles. The van der Waals surface area contributed by atoms with Crippen LogP contribution in [0.15, 0.2) is 18.2 Å². The van der Waals surface area contributed by atoms with E-state index in [4.69, 9.17) is 10.5 Å². The Hall–Kier alpha value is -1.46. The average molecular weight is 251 g/mol. The summed E-state index contributed by atoms with van der Waals surface area (Å²) in [5.41, 5.74) is 7.32. The highest BCUT2D eigenvalue weighted by Gasteiger charge is 2.22. The van der Waals surface area contributed by atoms with Crippen molar-refractivity contribution in [2.75, 3.05) is 20.2 Å². The minimum Gasteiger partial charge on any atom is -0.370 e. The van der Waals surface area contributed by atoms with Crippen molar-refractivity contribution in [3.8, 4) is 0 Å². The fourth-order valence-electron chi connectivity index (χ4n) is 1.73. The van der Waals surface area contributed by atoms with Crippen LogP contribution in [-0.2, 0) is 16.1 Å². The Morgan fingerprint density at radius 2 is 2.28 bits per heavy atom. The van der Waals surface area contributed by atoms with Gasteiger partial charge in [0.2, 0.25) is 0 Å². The molecule has 0 fully saturated rings. The predicted octanol–water partition coefficient (Wildman–Crippen LogP) is 0.712. The van der Waals surface area contributed by atoms with Crippen molar-refractivity contribution in [3.05, 3.63) is 29.6 Å². The first-order chi connectivity index (χ1) is 8.62. The molecule has 0 spiro atoms. The third-order valence-corrected chi connectivity index (χ3v) is 2.77. The van der Waals surface area contributed by atoms with Crippen LogP contribution in [0.4, 0.5) is 0 Å². The van der Waals surface area contributed by atoms with Crippen molar-refractivity contribution in [1.29, 1.82) is 0 Å². The summed E-state index contributed by atoms with van der Waals surface area (Å²) in [7, 11) is 1.49. The fraction of sp³-hybridized carbons (Fsp3) is 0.538. The maximum absolute atomic E-state index is 12.1. The van der Waals surface area contributed by atoms with E-state index in [1.807, 2.05) is 32.0 Å². The molecule has 0 aliphatic heterocycles. The van der Waals surface area contributed by atoms with Gasteiger partial charge in [-0.25, -0.2) is 0 Å². The van der Waals surface area contributed by atoms with Crippen molar-refractivity contribution >= 4 is 5.91 Å². The zero-order valence-corrected chi connectivity index (χ0v) is 11.2. The second-order valence-electron chi connectivity index (χ2n) is 4.08. The van der Waals surface area contributed by atoms with Crippen LogP contribution < -0.4 is 5.73 Å². The standard InChI is InChI=1S/C13H21N3O2/c1-4-16(13(17)12(8-14)18-3)9-11-7-5-6-10(2)15-11/h5-7,12H,4,8-9,14H2,1-3H3. The Balaban J connectivity index is 2.75. The van der Waals surface area contributed by atoms with Gasteiger partial charge in [0.15, 0.2) is 0 Å². The van der Waals surface area contributed by atoms with Gasteiger partial charge in [0.1, 0.15) is 6.10 Å². The summed E-state index contributed by atoms with van der Waals surface area (Å²) >= 11 is 0. The number of likely N-dealkylation sites (N-methyl/N-ethyl adjacent to an activating group) is 1. The molecule has 1 atom stereocenters. The summed E-state index contributed by atoms with van der Waals surface area (Å²) in [5, 5.41) is 0. The number of hydrogen-bond donors (Lipinski definition) is 1. The lowest BCUT2D eigenvalue weighted by Crippen LogP contribution is -2.43. The number of ether oxygens (including phenoxy) is 1. The third kappa shape index (κ3) is 3.78. The molecule has 5 nitrogen and oxygen atoms in total. The number of nitrogens with two attached hydrogens (primary N) is 1. The van der Waals surface area contributed by atoms with Gasteiger partial charge in [-0.3, -0.25) is 9.78 Å². The zero-order valence-electron chi connectivity index (χ0n) is 11.2. The summed E-state index contributed by atoms with van der Waals surface area (Å²) in [4.78, 5) is 18.2. The molecule has 100 valence electrons. The summed E-state index contributed by atoms with van der Waals surface area (Å²) in [5.74, 6) is -0.0918. The molecule has 1 amide bonds. The monoisotopic (exact) mass is 251 g/mol. The molecule has 1 heterocycles. The Labute approximate surface area is 108 Å². The number of nitrogens with zero attached hydrogens (tertiary/aromatic N) is 2. The number of methoxy groups -OCH3 is 1. The molecule has 1 unspecified atom stereocenters. The number of carbonyl (C=O) groups is 1. The molecule has 0 radical (unpaired) electrons. The lowest BCUT2D eigenvalue weighted by atomic mass is 10.2. The van der Waals surface area contributed by atoms with Crippen LogP contribution in [0.25, 0.3) is 0 Å². The van der Waals surface area contributed by atoms with Gasteiger partial charge in [-0.1, -0.05) is 6.07 Å². The van der Waals surface area contributed by atoms with E-state index in [9.17, 15) is 4.79 Å². The molecule has 1 aromatic heterocycles. The van der Waals surface area contributed by atoms with E-state index in [1.54, 1.807) is 4.90 Å². The largest absolute Gasteiger partial charge is 0.370 e. The van der Waals surface area contributed by atoms with Crippen molar-refractivity contribution in [3.63, 3.8) is 0 Å². The van der Waals surface area contributed by atoms with E-state index in [2.05, 4.69) is 4.98 Å². The molecule has 1 aromatic rings. The van der Waals surface area contributed by atoms with E-state index in [-0.39, 0.29) is 12.5 Å². The Kier molecular flexibility index (Phi) is 5.74. The maximum atomic E-state index is 12.1. The first-order valence-electron chi connectivity index (χ1n) is 6.06. The second-order valence-corrected chi connectivity index (χ2v) is 4.08. The highest BCUT2D eigenvalue weighted by Crippen LogP contribution is 2.06. The zero-order chi connectivity index (χ0) is 13.5. The summed E-state index contributed by atoms with van der Waals surface area (Å²) in [6.07, 6.45) is -0.574. The highest BCUT2D eigenvalue weighted by molar-refractivity contribution is 5.81. The smallest absolute Gasteiger partial charge is 0.253 e. The van der Waals surface area contributed by atoms with E-state index in [0.717, 1.165) is 11.4 Å². The molecule has 0 bridgehead atoms. The maximum Gasteiger partial charge on any atom is 0.253 e. The first kappa shape index (κ1) is 14.6. The van der Waals surface area contributed by atoms with Gasteiger partial charge in [-0.05, 0) is 26.0 Å². The summed E-state index contributed by atoms with van der Waals surface area (Å²) in [6, 6.07) is 5.78. The number of hydrogen-bond acceptors (Lipinski definition) is 4. The number of carbonyl (C=O) groups excluding carboxylic acids is 1. The average Bonchev–Trinajstić information content (AvgIpc) is 2.37. The topological polar surface area (TPSA) is 68.5 Å². The lowest BCUT2D eigenvalue weighted by Gasteiger charge is -2.24. The van der Waals surface area contributed by atoms with Crippen LogP contribution in [0.2, 0.25) is 0 Å². The van der Waals surface area contributed by atoms with Crippen LogP contribution >= 0.6 is 0 Å². The molecule has 1 rings (SSSR count). The Morgan fingerprint density at radius 1 is 1.56 bits per heavy atom.